The van der Waals surface area contributed by atoms with E-state index in [2.05, 4.69) is 5.32 Å². The van der Waals surface area contributed by atoms with Gasteiger partial charge in [-0.25, -0.2) is 4.39 Å². The number of carboxylic acids is 1. The zero-order valence-electron chi connectivity index (χ0n) is 11.2. The molecule has 0 fully saturated rings. The van der Waals surface area contributed by atoms with Crippen LogP contribution in [0, 0.1) is 18.7 Å². The predicted molar refractivity (Wildman–Crippen MR) is 69.5 cm³/mol. The third-order valence-electron chi connectivity index (χ3n) is 2.82. The van der Waals surface area contributed by atoms with E-state index in [0.29, 0.717) is 5.56 Å². The maximum atomic E-state index is 13.2. The molecule has 2 N–H and O–H groups in total. The van der Waals surface area contributed by atoms with E-state index in [-0.39, 0.29) is 17.9 Å². The van der Waals surface area contributed by atoms with Crippen LogP contribution in [0.25, 0.3) is 0 Å². The van der Waals surface area contributed by atoms with Crippen LogP contribution in [0.2, 0.25) is 0 Å². The molecule has 0 aliphatic heterocycles. The van der Waals surface area contributed by atoms with E-state index in [0.717, 1.165) is 6.07 Å². The van der Waals surface area contributed by atoms with Crippen molar-refractivity contribution in [1.29, 1.82) is 0 Å². The second-order valence-electron chi connectivity index (χ2n) is 4.94. The van der Waals surface area contributed by atoms with Gasteiger partial charge in [0.2, 0.25) is 0 Å². The van der Waals surface area contributed by atoms with Gasteiger partial charge in [-0.1, -0.05) is 13.8 Å². The summed E-state index contributed by atoms with van der Waals surface area (Å²) in [5.74, 6) is -1.93. The molecule has 0 radical (unpaired) electrons. The van der Waals surface area contributed by atoms with Gasteiger partial charge in [0.1, 0.15) is 5.82 Å². The Morgan fingerprint density at radius 2 is 1.95 bits per heavy atom. The number of rotatable bonds is 5. The highest BCUT2D eigenvalue weighted by molar-refractivity contribution is 5.94. The number of aliphatic carboxylic acids is 1. The first-order chi connectivity index (χ1) is 8.79. The summed E-state index contributed by atoms with van der Waals surface area (Å²) in [6.45, 7) is 5.34. The van der Waals surface area contributed by atoms with Crippen LogP contribution in [0.3, 0.4) is 0 Å². The standard InChI is InChI=1S/C14H18FNO3/c1-8(2)12(7-13(17)18)16-14(19)10-4-9(3)5-11(15)6-10/h4-6,8,12H,7H2,1-3H3,(H,16,19)(H,17,18). The van der Waals surface area contributed by atoms with Crippen LogP contribution in [0.15, 0.2) is 18.2 Å². The zero-order chi connectivity index (χ0) is 14.6. The van der Waals surface area contributed by atoms with Crippen molar-refractivity contribution in [3.8, 4) is 0 Å². The molecule has 1 rings (SSSR count). The summed E-state index contributed by atoms with van der Waals surface area (Å²) in [4.78, 5) is 22.7. The van der Waals surface area contributed by atoms with Crippen molar-refractivity contribution in [2.75, 3.05) is 0 Å². The van der Waals surface area contributed by atoms with Crippen LogP contribution < -0.4 is 5.32 Å². The van der Waals surface area contributed by atoms with E-state index >= 15 is 0 Å². The Morgan fingerprint density at radius 3 is 2.42 bits per heavy atom. The number of amides is 1. The maximum absolute atomic E-state index is 13.2. The molecule has 19 heavy (non-hydrogen) atoms. The summed E-state index contributed by atoms with van der Waals surface area (Å²) in [5.41, 5.74) is 0.845. The van der Waals surface area contributed by atoms with Crippen molar-refractivity contribution in [3.05, 3.63) is 35.1 Å². The number of halogens is 1. The van der Waals surface area contributed by atoms with Crippen LogP contribution in [-0.2, 0) is 4.79 Å². The fraction of sp³-hybridized carbons (Fsp3) is 0.429. The minimum absolute atomic E-state index is 0.0188. The monoisotopic (exact) mass is 267 g/mol. The molecule has 0 aliphatic rings. The van der Waals surface area contributed by atoms with Crippen LogP contribution in [0.1, 0.15) is 36.2 Å². The van der Waals surface area contributed by atoms with E-state index in [1.54, 1.807) is 13.0 Å². The number of benzene rings is 1. The molecule has 0 aromatic heterocycles. The summed E-state index contributed by atoms with van der Waals surface area (Å²) in [7, 11) is 0. The Balaban J connectivity index is 2.84. The van der Waals surface area contributed by atoms with Gasteiger partial charge in [-0.2, -0.15) is 0 Å². The van der Waals surface area contributed by atoms with E-state index in [1.807, 2.05) is 13.8 Å². The SMILES string of the molecule is Cc1cc(F)cc(C(=O)NC(CC(=O)O)C(C)C)c1. The number of nitrogens with one attached hydrogen (secondary N) is 1. The van der Waals surface area contributed by atoms with Gasteiger partial charge >= 0.3 is 5.97 Å². The van der Waals surface area contributed by atoms with E-state index in [4.69, 9.17) is 5.11 Å². The molecule has 0 saturated heterocycles. The lowest BCUT2D eigenvalue weighted by atomic mass is 10.0. The third-order valence-corrected chi connectivity index (χ3v) is 2.82. The number of carbonyl (C=O) groups excluding carboxylic acids is 1. The van der Waals surface area contributed by atoms with E-state index in [1.165, 1.54) is 6.07 Å². The van der Waals surface area contributed by atoms with Gasteiger partial charge in [0, 0.05) is 11.6 Å². The molecule has 0 saturated carbocycles. The first-order valence-corrected chi connectivity index (χ1v) is 6.09. The van der Waals surface area contributed by atoms with E-state index < -0.39 is 23.7 Å². The zero-order valence-corrected chi connectivity index (χ0v) is 11.2. The quantitative estimate of drug-likeness (QED) is 0.860. The number of hydrogen-bond acceptors (Lipinski definition) is 2. The second-order valence-corrected chi connectivity index (χ2v) is 4.94. The molecule has 0 bridgehead atoms. The van der Waals surface area contributed by atoms with Crippen molar-refractivity contribution in [2.45, 2.75) is 33.2 Å². The molecule has 0 spiro atoms. The molecular formula is C14H18FNO3. The minimum atomic E-state index is -0.977. The first-order valence-electron chi connectivity index (χ1n) is 6.09. The number of aryl methyl sites for hydroxylation is 1. The normalized spacial score (nSPS) is 12.3. The largest absolute Gasteiger partial charge is 0.481 e. The van der Waals surface area contributed by atoms with Crippen LogP contribution >= 0.6 is 0 Å². The molecule has 4 nitrogen and oxygen atoms in total. The Morgan fingerprint density at radius 1 is 1.32 bits per heavy atom. The Bertz CT molecular complexity index is 465. The lowest BCUT2D eigenvalue weighted by molar-refractivity contribution is -0.137. The average Bonchev–Trinajstić information content (AvgIpc) is 2.25. The molecule has 1 aromatic rings. The summed E-state index contributed by atoms with van der Waals surface area (Å²) >= 11 is 0. The molecule has 5 heteroatoms. The fourth-order valence-electron chi connectivity index (χ4n) is 1.76. The summed E-state index contributed by atoms with van der Waals surface area (Å²) in [6, 6.07) is 3.55. The Hall–Kier alpha value is -1.91. The van der Waals surface area contributed by atoms with Gasteiger partial charge < -0.3 is 10.4 Å². The van der Waals surface area contributed by atoms with Gasteiger partial charge in [-0.3, -0.25) is 9.59 Å². The summed E-state index contributed by atoms with van der Waals surface area (Å²) in [5, 5.41) is 11.4. The molecule has 1 atom stereocenters. The van der Waals surface area contributed by atoms with Gasteiger partial charge in [-0.05, 0) is 36.6 Å². The number of carbonyl (C=O) groups is 2. The highest BCUT2D eigenvalue weighted by Gasteiger charge is 2.20. The number of carboxylic acid groups (broad SMARTS) is 1. The maximum Gasteiger partial charge on any atom is 0.305 e. The lowest BCUT2D eigenvalue weighted by Crippen LogP contribution is -2.40. The molecule has 1 aromatic carbocycles. The van der Waals surface area contributed by atoms with Gasteiger partial charge in [0.25, 0.3) is 5.91 Å². The fourth-order valence-corrected chi connectivity index (χ4v) is 1.76. The van der Waals surface area contributed by atoms with Gasteiger partial charge in [-0.15, -0.1) is 0 Å². The molecule has 0 heterocycles. The highest BCUT2D eigenvalue weighted by atomic mass is 19.1. The van der Waals surface area contributed by atoms with Crippen molar-refractivity contribution < 1.29 is 19.1 Å². The summed E-state index contributed by atoms with van der Waals surface area (Å²) < 4.78 is 13.2. The van der Waals surface area contributed by atoms with Crippen molar-refractivity contribution in [2.24, 2.45) is 5.92 Å². The molecule has 104 valence electrons. The minimum Gasteiger partial charge on any atom is -0.481 e. The van der Waals surface area contributed by atoms with Gasteiger partial charge in [0.15, 0.2) is 0 Å². The van der Waals surface area contributed by atoms with Crippen molar-refractivity contribution in [1.82, 2.24) is 5.32 Å². The Labute approximate surface area is 111 Å². The average molecular weight is 267 g/mol. The van der Waals surface area contributed by atoms with Crippen LogP contribution in [0.4, 0.5) is 4.39 Å². The first kappa shape index (κ1) is 15.1. The smallest absolute Gasteiger partial charge is 0.305 e. The van der Waals surface area contributed by atoms with Crippen LogP contribution in [-0.4, -0.2) is 23.0 Å². The van der Waals surface area contributed by atoms with Gasteiger partial charge in [0.05, 0.1) is 6.42 Å². The molecule has 1 amide bonds. The lowest BCUT2D eigenvalue weighted by Gasteiger charge is -2.20. The van der Waals surface area contributed by atoms with Crippen LogP contribution in [0.5, 0.6) is 0 Å². The van der Waals surface area contributed by atoms with Crippen molar-refractivity contribution >= 4 is 11.9 Å². The third kappa shape index (κ3) is 4.69. The molecule has 1 unspecified atom stereocenters. The van der Waals surface area contributed by atoms with Crippen molar-refractivity contribution in [3.63, 3.8) is 0 Å². The topological polar surface area (TPSA) is 66.4 Å². The highest BCUT2D eigenvalue weighted by Crippen LogP contribution is 2.11. The van der Waals surface area contributed by atoms with E-state index in [9.17, 15) is 14.0 Å². The molecular weight excluding hydrogens is 249 g/mol. The molecule has 0 aliphatic carbocycles. The second kappa shape index (κ2) is 6.31. The summed E-state index contributed by atoms with van der Waals surface area (Å²) in [6.07, 6.45) is -0.155. The predicted octanol–water partition coefficient (Wildman–Crippen LogP) is 2.36. The Kier molecular flexibility index (Phi) is 5.03. The number of hydrogen-bond donors (Lipinski definition) is 2.